The average molecular weight is 309 g/mol. The van der Waals surface area contributed by atoms with Gasteiger partial charge in [0.15, 0.2) is 0 Å². The summed E-state index contributed by atoms with van der Waals surface area (Å²) in [6.07, 6.45) is 1.85. The van der Waals surface area contributed by atoms with E-state index in [0.29, 0.717) is 11.5 Å². The second kappa shape index (κ2) is 8.18. The Balaban J connectivity index is 2.78. The third kappa shape index (κ3) is 5.88. The summed E-state index contributed by atoms with van der Waals surface area (Å²) in [6.45, 7) is 5.87. The van der Waals surface area contributed by atoms with E-state index in [4.69, 9.17) is 5.11 Å². The highest BCUT2D eigenvalue weighted by Crippen LogP contribution is 2.14. The van der Waals surface area contributed by atoms with Crippen molar-refractivity contribution in [2.24, 2.45) is 5.92 Å². The van der Waals surface area contributed by atoms with Crippen molar-refractivity contribution in [3.05, 3.63) is 29.8 Å². The van der Waals surface area contributed by atoms with Gasteiger partial charge >= 0.3 is 0 Å². The molecule has 2 N–H and O–H groups in total. The summed E-state index contributed by atoms with van der Waals surface area (Å²) < 4.78 is 27.2. The first-order valence-electron chi connectivity index (χ1n) is 7.11. The zero-order chi connectivity index (χ0) is 15.9. The van der Waals surface area contributed by atoms with Crippen molar-refractivity contribution in [1.29, 1.82) is 0 Å². The quantitative estimate of drug-likeness (QED) is 0.791. The summed E-state index contributed by atoms with van der Waals surface area (Å²) in [5.41, 5.74) is 0.677. The van der Waals surface area contributed by atoms with E-state index in [2.05, 4.69) is 30.4 Å². The van der Waals surface area contributed by atoms with E-state index in [9.17, 15) is 8.42 Å². The Bertz CT molecular complexity index is 597. The molecule has 0 aliphatic carbocycles. The van der Waals surface area contributed by atoms with E-state index in [1.807, 2.05) is 6.92 Å². The normalized spacial score (nSPS) is 14.1. The molecule has 4 nitrogen and oxygen atoms in total. The summed E-state index contributed by atoms with van der Waals surface area (Å²) >= 11 is 0. The van der Waals surface area contributed by atoms with Crippen LogP contribution < -0.4 is 4.72 Å². The molecule has 0 aliphatic rings. The maximum Gasteiger partial charge on any atom is 0.240 e. The fourth-order valence-corrected chi connectivity index (χ4v) is 3.27. The highest BCUT2D eigenvalue weighted by atomic mass is 32.2. The van der Waals surface area contributed by atoms with Crippen LogP contribution in [0.3, 0.4) is 0 Å². The van der Waals surface area contributed by atoms with Gasteiger partial charge in [-0.05, 0) is 43.5 Å². The van der Waals surface area contributed by atoms with Crippen molar-refractivity contribution in [2.75, 3.05) is 6.61 Å². The lowest BCUT2D eigenvalue weighted by molar-refractivity contribution is 0.350. The van der Waals surface area contributed by atoms with Gasteiger partial charge in [-0.15, -0.1) is 0 Å². The minimum atomic E-state index is -3.50. The molecule has 0 amide bonds. The number of hydrogen-bond acceptors (Lipinski definition) is 3. The van der Waals surface area contributed by atoms with Crippen molar-refractivity contribution in [3.8, 4) is 11.8 Å². The zero-order valence-electron chi connectivity index (χ0n) is 12.8. The predicted molar refractivity (Wildman–Crippen MR) is 84.3 cm³/mol. The second-order valence-corrected chi connectivity index (χ2v) is 6.97. The molecule has 5 heteroatoms. The molecule has 0 spiro atoms. The Morgan fingerprint density at radius 2 is 1.86 bits per heavy atom. The van der Waals surface area contributed by atoms with Crippen LogP contribution in [0.4, 0.5) is 0 Å². The maximum atomic E-state index is 12.3. The summed E-state index contributed by atoms with van der Waals surface area (Å²) in [5, 5.41) is 8.62. The van der Waals surface area contributed by atoms with Crippen LogP contribution in [0.2, 0.25) is 0 Å². The number of nitrogens with one attached hydrogen (secondary N) is 1. The summed E-state index contributed by atoms with van der Waals surface area (Å²) in [6, 6.07) is 6.23. The van der Waals surface area contributed by atoms with Gasteiger partial charge in [0.05, 0.1) is 4.90 Å². The van der Waals surface area contributed by atoms with Crippen LogP contribution >= 0.6 is 0 Å². The molecular formula is C16H23NO3S. The van der Waals surface area contributed by atoms with Crippen LogP contribution in [-0.2, 0) is 10.0 Å². The van der Waals surface area contributed by atoms with Crippen LogP contribution in [0, 0.1) is 17.8 Å². The lowest BCUT2D eigenvalue weighted by atomic mass is 10.0. The third-order valence-corrected chi connectivity index (χ3v) is 4.89. The molecular weight excluding hydrogens is 286 g/mol. The van der Waals surface area contributed by atoms with Crippen molar-refractivity contribution in [3.63, 3.8) is 0 Å². The molecule has 0 bridgehead atoms. The number of aliphatic hydroxyl groups excluding tert-OH is 1. The van der Waals surface area contributed by atoms with Gasteiger partial charge in [-0.3, -0.25) is 0 Å². The fourth-order valence-electron chi connectivity index (χ4n) is 2.01. The van der Waals surface area contributed by atoms with Crippen molar-refractivity contribution < 1.29 is 13.5 Å². The number of sulfonamides is 1. The van der Waals surface area contributed by atoms with E-state index >= 15 is 0 Å². The summed E-state index contributed by atoms with van der Waals surface area (Å²) in [4.78, 5) is 0.230. The molecule has 1 aromatic carbocycles. The average Bonchev–Trinajstić information content (AvgIpc) is 2.44. The molecule has 0 fully saturated rings. The fraction of sp³-hybridized carbons (Fsp3) is 0.500. The molecule has 0 radical (unpaired) electrons. The molecule has 0 aromatic heterocycles. The first-order chi connectivity index (χ1) is 9.89. The van der Waals surface area contributed by atoms with E-state index in [-0.39, 0.29) is 17.5 Å². The molecule has 0 aliphatic heterocycles. The van der Waals surface area contributed by atoms with Crippen LogP contribution in [0.5, 0.6) is 0 Å². The molecule has 116 valence electrons. The first kappa shape index (κ1) is 17.7. The van der Waals surface area contributed by atoms with Gasteiger partial charge in [0.2, 0.25) is 10.0 Å². The molecule has 0 saturated carbocycles. The number of benzene rings is 1. The Labute approximate surface area is 127 Å². The van der Waals surface area contributed by atoms with Crippen molar-refractivity contribution >= 4 is 10.0 Å². The smallest absolute Gasteiger partial charge is 0.240 e. The SMILES string of the molecule is CCC(C)CC(C)NS(=O)(=O)c1ccc(C#CCO)cc1. The lowest BCUT2D eigenvalue weighted by Crippen LogP contribution is -2.33. The second-order valence-electron chi connectivity index (χ2n) is 5.26. The Morgan fingerprint density at radius 1 is 1.24 bits per heavy atom. The van der Waals surface area contributed by atoms with Crippen LogP contribution in [0.25, 0.3) is 0 Å². The van der Waals surface area contributed by atoms with E-state index in [0.717, 1.165) is 12.8 Å². The van der Waals surface area contributed by atoms with Gasteiger partial charge in [0.1, 0.15) is 6.61 Å². The predicted octanol–water partition coefficient (Wildman–Crippen LogP) is 2.13. The minimum absolute atomic E-state index is 0.0983. The summed E-state index contributed by atoms with van der Waals surface area (Å²) in [5.74, 6) is 5.74. The zero-order valence-corrected chi connectivity index (χ0v) is 13.6. The number of rotatable bonds is 6. The standard InChI is InChI=1S/C16H23NO3S/c1-4-13(2)12-14(3)17-21(19,20)16-9-7-15(8-10-16)6-5-11-18/h7-10,13-14,17-18H,4,11-12H2,1-3H3. The molecule has 0 heterocycles. The molecule has 0 saturated heterocycles. The van der Waals surface area contributed by atoms with Gasteiger partial charge in [-0.2, -0.15) is 0 Å². The molecule has 2 unspecified atom stereocenters. The topological polar surface area (TPSA) is 66.4 Å². The van der Waals surface area contributed by atoms with Crippen molar-refractivity contribution in [1.82, 2.24) is 4.72 Å². The van der Waals surface area contributed by atoms with Gasteiger partial charge in [-0.25, -0.2) is 13.1 Å². The Morgan fingerprint density at radius 3 is 2.38 bits per heavy atom. The van der Waals surface area contributed by atoms with Gasteiger partial charge < -0.3 is 5.11 Å². The largest absolute Gasteiger partial charge is 0.384 e. The molecule has 1 rings (SSSR count). The van der Waals surface area contributed by atoms with E-state index in [1.54, 1.807) is 12.1 Å². The van der Waals surface area contributed by atoms with Gasteiger partial charge in [-0.1, -0.05) is 32.1 Å². The minimum Gasteiger partial charge on any atom is -0.384 e. The van der Waals surface area contributed by atoms with Crippen LogP contribution in [0.15, 0.2) is 29.2 Å². The Hall–Kier alpha value is -1.35. The van der Waals surface area contributed by atoms with Gasteiger partial charge in [0.25, 0.3) is 0 Å². The lowest BCUT2D eigenvalue weighted by Gasteiger charge is -2.17. The Kier molecular flexibility index (Phi) is 6.90. The number of hydrogen-bond donors (Lipinski definition) is 2. The van der Waals surface area contributed by atoms with Crippen molar-refractivity contribution in [2.45, 2.75) is 44.6 Å². The van der Waals surface area contributed by atoms with E-state index < -0.39 is 10.0 Å². The molecule has 21 heavy (non-hydrogen) atoms. The summed E-state index contributed by atoms with van der Waals surface area (Å²) in [7, 11) is -3.50. The van der Waals surface area contributed by atoms with Crippen LogP contribution in [-0.4, -0.2) is 26.2 Å². The maximum absolute atomic E-state index is 12.3. The van der Waals surface area contributed by atoms with Gasteiger partial charge in [0, 0.05) is 11.6 Å². The molecule has 1 aromatic rings. The highest BCUT2D eigenvalue weighted by molar-refractivity contribution is 7.89. The van der Waals surface area contributed by atoms with Crippen LogP contribution in [0.1, 0.15) is 39.2 Å². The first-order valence-corrected chi connectivity index (χ1v) is 8.59. The highest BCUT2D eigenvalue weighted by Gasteiger charge is 2.18. The monoisotopic (exact) mass is 309 g/mol. The third-order valence-electron chi connectivity index (χ3n) is 3.29. The van der Waals surface area contributed by atoms with E-state index in [1.165, 1.54) is 12.1 Å². The molecule has 2 atom stereocenters. The number of aliphatic hydroxyl groups is 1.